The lowest BCUT2D eigenvalue weighted by atomic mass is 9.94. The second-order valence-corrected chi connectivity index (χ2v) is 6.12. The topological polar surface area (TPSA) is 73.1 Å². The molecular weight excluding hydrogens is 284 g/mol. The maximum atomic E-state index is 5.87. The molecular formula is C15H20N4OS. The molecule has 0 radical (unpaired) electrons. The van der Waals surface area contributed by atoms with Crippen LogP contribution in [0.3, 0.4) is 0 Å². The smallest absolute Gasteiger partial charge is 0.158 e. The predicted molar refractivity (Wildman–Crippen MR) is 85.4 cm³/mol. The summed E-state index contributed by atoms with van der Waals surface area (Å²) < 4.78 is 5.36. The Balaban J connectivity index is 1.78. The van der Waals surface area contributed by atoms with E-state index < -0.39 is 0 Å². The Morgan fingerprint density at radius 1 is 1.48 bits per heavy atom. The van der Waals surface area contributed by atoms with Crippen molar-refractivity contribution >= 4 is 23.0 Å². The van der Waals surface area contributed by atoms with Gasteiger partial charge in [-0.2, -0.15) is 0 Å². The summed E-state index contributed by atoms with van der Waals surface area (Å²) >= 11 is 1.84. The van der Waals surface area contributed by atoms with E-state index in [0.29, 0.717) is 30.9 Å². The van der Waals surface area contributed by atoms with Crippen molar-refractivity contribution in [3.8, 4) is 0 Å². The third-order valence-corrected chi connectivity index (χ3v) is 4.60. The Labute approximate surface area is 128 Å². The van der Waals surface area contributed by atoms with E-state index in [1.807, 2.05) is 18.3 Å². The van der Waals surface area contributed by atoms with Gasteiger partial charge in [0.15, 0.2) is 5.82 Å². The minimum atomic E-state index is 0.314. The summed E-state index contributed by atoms with van der Waals surface area (Å²) in [6.45, 7) is 2.98. The van der Waals surface area contributed by atoms with E-state index in [2.05, 4.69) is 26.7 Å². The van der Waals surface area contributed by atoms with E-state index in [1.54, 1.807) is 6.07 Å². The molecule has 112 valence electrons. The Morgan fingerprint density at radius 2 is 2.38 bits per heavy atom. The normalized spacial score (nSPS) is 17.5. The van der Waals surface area contributed by atoms with Crippen LogP contribution in [0.25, 0.3) is 0 Å². The van der Waals surface area contributed by atoms with Crippen molar-refractivity contribution < 1.29 is 4.74 Å². The van der Waals surface area contributed by atoms with Crippen molar-refractivity contribution in [2.24, 2.45) is 0 Å². The fourth-order valence-corrected chi connectivity index (χ4v) is 3.65. The number of ether oxygens (including phenoxy) is 1. The molecule has 0 saturated carbocycles. The summed E-state index contributed by atoms with van der Waals surface area (Å²) in [5.41, 5.74) is 7.26. The highest BCUT2D eigenvalue weighted by molar-refractivity contribution is 7.10. The Kier molecular flexibility index (Phi) is 4.36. The van der Waals surface area contributed by atoms with Gasteiger partial charge in [0.2, 0.25) is 0 Å². The van der Waals surface area contributed by atoms with Crippen LogP contribution in [0.15, 0.2) is 17.5 Å². The van der Waals surface area contributed by atoms with Crippen molar-refractivity contribution in [2.45, 2.75) is 38.8 Å². The molecule has 3 rings (SSSR count). The van der Waals surface area contributed by atoms with Crippen molar-refractivity contribution in [1.29, 1.82) is 0 Å². The van der Waals surface area contributed by atoms with Crippen molar-refractivity contribution in [2.75, 3.05) is 17.7 Å². The molecule has 0 bridgehead atoms. The first-order valence-electron chi connectivity index (χ1n) is 7.30. The number of nitrogen functional groups attached to an aromatic ring is 1. The zero-order valence-electron chi connectivity index (χ0n) is 12.1. The highest BCUT2D eigenvalue weighted by Crippen LogP contribution is 2.35. The van der Waals surface area contributed by atoms with Gasteiger partial charge in [-0.1, -0.05) is 0 Å². The second kappa shape index (κ2) is 6.41. The van der Waals surface area contributed by atoms with Gasteiger partial charge in [-0.3, -0.25) is 0 Å². The summed E-state index contributed by atoms with van der Waals surface area (Å²) in [5.74, 6) is 1.88. The van der Waals surface area contributed by atoms with Gasteiger partial charge in [0, 0.05) is 17.6 Å². The molecule has 0 aliphatic heterocycles. The molecule has 2 aromatic heterocycles. The third-order valence-electron chi connectivity index (χ3n) is 3.60. The van der Waals surface area contributed by atoms with Crippen molar-refractivity contribution in [3.05, 3.63) is 33.8 Å². The van der Waals surface area contributed by atoms with Crippen LogP contribution in [-0.4, -0.2) is 16.6 Å². The van der Waals surface area contributed by atoms with Gasteiger partial charge >= 0.3 is 0 Å². The summed E-state index contributed by atoms with van der Waals surface area (Å²) in [6.07, 6.45) is 3.51. The largest absolute Gasteiger partial charge is 0.384 e. The van der Waals surface area contributed by atoms with Crippen LogP contribution in [-0.2, 0) is 17.8 Å². The number of thiophene rings is 1. The summed E-state index contributed by atoms with van der Waals surface area (Å²) in [6, 6.07) is 4.31. The zero-order chi connectivity index (χ0) is 14.7. The number of aromatic nitrogens is 2. The molecule has 0 saturated heterocycles. The fourth-order valence-electron chi connectivity index (χ4n) is 2.66. The van der Waals surface area contributed by atoms with Gasteiger partial charge in [-0.25, -0.2) is 9.97 Å². The first-order chi connectivity index (χ1) is 10.3. The molecule has 5 nitrogen and oxygen atoms in total. The number of hydrogen-bond donors (Lipinski definition) is 2. The SMILES string of the molecule is CCOCc1nc(N)cc(NC2CCCc3sccc32)n1. The number of aryl methyl sites for hydroxylation is 1. The van der Waals surface area contributed by atoms with Gasteiger partial charge < -0.3 is 15.8 Å². The quantitative estimate of drug-likeness (QED) is 0.887. The van der Waals surface area contributed by atoms with Crippen molar-refractivity contribution in [1.82, 2.24) is 9.97 Å². The second-order valence-electron chi connectivity index (χ2n) is 5.12. The molecule has 2 aromatic rings. The highest BCUT2D eigenvalue weighted by atomic mass is 32.1. The van der Waals surface area contributed by atoms with Crippen LogP contribution in [0.2, 0.25) is 0 Å². The lowest BCUT2D eigenvalue weighted by Crippen LogP contribution is -2.17. The Bertz CT molecular complexity index is 613. The number of fused-ring (bicyclic) bond motifs is 1. The maximum absolute atomic E-state index is 5.87. The molecule has 1 unspecified atom stereocenters. The standard InChI is InChI=1S/C15H20N4OS/c1-2-20-9-15-18-13(16)8-14(19-15)17-11-4-3-5-12-10(11)6-7-21-12/h6-8,11H,2-5,9H2,1H3,(H3,16,17,18,19). The lowest BCUT2D eigenvalue weighted by molar-refractivity contribution is 0.128. The van der Waals surface area contributed by atoms with Crippen LogP contribution in [0.4, 0.5) is 11.6 Å². The van der Waals surface area contributed by atoms with Gasteiger partial charge in [-0.05, 0) is 43.2 Å². The molecule has 21 heavy (non-hydrogen) atoms. The van der Waals surface area contributed by atoms with Gasteiger partial charge in [0.05, 0.1) is 6.04 Å². The zero-order valence-corrected chi connectivity index (χ0v) is 12.9. The fraction of sp³-hybridized carbons (Fsp3) is 0.467. The summed E-state index contributed by atoms with van der Waals surface area (Å²) in [5, 5.41) is 5.67. The molecule has 0 spiro atoms. The summed E-state index contributed by atoms with van der Waals surface area (Å²) in [7, 11) is 0. The third kappa shape index (κ3) is 3.33. The number of anilines is 2. The Hall–Kier alpha value is -1.66. The number of nitrogens with two attached hydrogens (primary N) is 1. The molecule has 2 heterocycles. The van der Waals surface area contributed by atoms with Gasteiger partial charge in [0.1, 0.15) is 18.2 Å². The molecule has 0 amide bonds. The Morgan fingerprint density at radius 3 is 3.24 bits per heavy atom. The number of hydrogen-bond acceptors (Lipinski definition) is 6. The van der Waals surface area contributed by atoms with Crippen LogP contribution in [0.1, 0.15) is 42.1 Å². The van der Waals surface area contributed by atoms with E-state index in [9.17, 15) is 0 Å². The van der Waals surface area contributed by atoms with E-state index >= 15 is 0 Å². The molecule has 0 fully saturated rings. The van der Waals surface area contributed by atoms with Crippen LogP contribution in [0.5, 0.6) is 0 Å². The lowest BCUT2D eigenvalue weighted by Gasteiger charge is -2.24. The van der Waals surface area contributed by atoms with Gasteiger partial charge in [-0.15, -0.1) is 11.3 Å². The molecule has 1 aliphatic rings. The molecule has 1 atom stereocenters. The average Bonchev–Trinajstić information content (AvgIpc) is 2.94. The van der Waals surface area contributed by atoms with Gasteiger partial charge in [0.25, 0.3) is 0 Å². The molecule has 3 N–H and O–H groups in total. The van der Waals surface area contributed by atoms with E-state index in [-0.39, 0.29) is 0 Å². The number of nitrogens with one attached hydrogen (secondary N) is 1. The van der Waals surface area contributed by atoms with Crippen LogP contribution in [0, 0.1) is 0 Å². The molecule has 6 heteroatoms. The first kappa shape index (κ1) is 14.3. The molecule has 0 aromatic carbocycles. The predicted octanol–water partition coefficient (Wildman–Crippen LogP) is 3.15. The van der Waals surface area contributed by atoms with Crippen LogP contribution >= 0.6 is 11.3 Å². The maximum Gasteiger partial charge on any atom is 0.158 e. The number of nitrogens with zero attached hydrogens (tertiary/aromatic N) is 2. The van der Waals surface area contributed by atoms with Crippen LogP contribution < -0.4 is 11.1 Å². The van der Waals surface area contributed by atoms with E-state index in [4.69, 9.17) is 10.5 Å². The minimum Gasteiger partial charge on any atom is -0.384 e. The number of rotatable bonds is 5. The molecule has 1 aliphatic carbocycles. The monoisotopic (exact) mass is 304 g/mol. The van der Waals surface area contributed by atoms with E-state index in [0.717, 1.165) is 12.2 Å². The van der Waals surface area contributed by atoms with Crippen molar-refractivity contribution in [3.63, 3.8) is 0 Å². The minimum absolute atomic E-state index is 0.314. The summed E-state index contributed by atoms with van der Waals surface area (Å²) in [4.78, 5) is 10.2. The average molecular weight is 304 g/mol. The highest BCUT2D eigenvalue weighted by Gasteiger charge is 2.21. The first-order valence-corrected chi connectivity index (χ1v) is 8.18. The van der Waals surface area contributed by atoms with E-state index in [1.165, 1.54) is 23.3 Å².